The molecule has 22 heavy (non-hydrogen) atoms. The van der Waals surface area contributed by atoms with Crippen LogP contribution in [0, 0.1) is 11.8 Å². The van der Waals surface area contributed by atoms with Crippen molar-refractivity contribution in [2.75, 3.05) is 6.54 Å². The molecule has 0 unspecified atom stereocenters. The van der Waals surface area contributed by atoms with Crippen LogP contribution in [0.5, 0.6) is 0 Å². The van der Waals surface area contributed by atoms with E-state index in [9.17, 15) is 19.8 Å². The standard InChI is InChI=1S/C16H22N2O4/c1-8-11(6-5-10-4-3-7-17-10)14(16(21)22)18-13(8)12(9(2)19)15(18)20/h5-6,8-10,12-13,17,19H,3-4,7H2,1-2H3,(H,21,22)/b6-5+/t8-,9+,10-,12+,13+/m0/s1. The summed E-state index contributed by atoms with van der Waals surface area (Å²) in [5.41, 5.74) is 0.761. The van der Waals surface area contributed by atoms with E-state index in [0.717, 1.165) is 19.4 Å². The maximum absolute atomic E-state index is 12.2. The molecule has 6 heteroatoms. The molecule has 3 aliphatic heterocycles. The molecule has 3 heterocycles. The summed E-state index contributed by atoms with van der Waals surface area (Å²) in [4.78, 5) is 25.1. The van der Waals surface area contributed by atoms with E-state index in [2.05, 4.69) is 5.32 Å². The lowest BCUT2D eigenvalue weighted by atomic mass is 9.77. The largest absolute Gasteiger partial charge is 0.477 e. The van der Waals surface area contributed by atoms with Gasteiger partial charge in [-0.25, -0.2) is 4.79 Å². The molecular weight excluding hydrogens is 284 g/mol. The number of amides is 1. The summed E-state index contributed by atoms with van der Waals surface area (Å²) in [6.45, 7) is 4.49. The Bertz CT molecular complexity index is 560. The fourth-order valence-electron chi connectivity index (χ4n) is 3.91. The molecule has 3 rings (SSSR count). The number of fused-ring (bicyclic) bond motifs is 1. The lowest BCUT2D eigenvalue weighted by molar-refractivity contribution is -0.163. The van der Waals surface area contributed by atoms with Crippen molar-refractivity contribution in [3.63, 3.8) is 0 Å². The molecule has 2 saturated heterocycles. The van der Waals surface area contributed by atoms with Crippen LogP contribution in [0.4, 0.5) is 0 Å². The Morgan fingerprint density at radius 3 is 2.77 bits per heavy atom. The molecule has 0 radical (unpaired) electrons. The Labute approximate surface area is 129 Å². The van der Waals surface area contributed by atoms with Gasteiger partial charge < -0.3 is 20.4 Å². The summed E-state index contributed by atoms with van der Waals surface area (Å²) in [6, 6.07) is 0.0287. The number of allylic oxidation sites excluding steroid dienone is 1. The van der Waals surface area contributed by atoms with E-state index < -0.39 is 18.0 Å². The number of aliphatic hydroxyl groups is 1. The first kappa shape index (κ1) is 15.2. The summed E-state index contributed by atoms with van der Waals surface area (Å²) < 4.78 is 0. The number of aliphatic carboxylic acids is 1. The fraction of sp³-hybridized carbons (Fsp3) is 0.625. The number of nitrogens with one attached hydrogen (secondary N) is 1. The second kappa shape index (κ2) is 5.52. The number of carbonyl (C=O) groups is 2. The molecule has 1 amide bonds. The minimum Gasteiger partial charge on any atom is -0.477 e. The highest BCUT2D eigenvalue weighted by Crippen LogP contribution is 2.47. The van der Waals surface area contributed by atoms with Crippen LogP contribution in [0.1, 0.15) is 26.7 Å². The smallest absolute Gasteiger partial charge is 0.352 e. The monoisotopic (exact) mass is 306 g/mol. The van der Waals surface area contributed by atoms with Crippen LogP contribution in [0.3, 0.4) is 0 Å². The summed E-state index contributed by atoms with van der Waals surface area (Å²) in [6.07, 6.45) is 5.25. The molecule has 0 bridgehead atoms. The Morgan fingerprint density at radius 2 is 2.23 bits per heavy atom. The zero-order valence-corrected chi connectivity index (χ0v) is 12.8. The predicted octanol–water partition coefficient (Wildman–Crippen LogP) is 0.491. The Kier molecular flexibility index (Phi) is 3.82. The SMILES string of the molecule is C[C@@H](O)[C@H]1C(=O)N2C(C(=O)O)=C(/C=C/[C@@H]3CCCN3)[C@H](C)[C@H]12. The van der Waals surface area contributed by atoms with Gasteiger partial charge in [-0.05, 0) is 31.9 Å². The van der Waals surface area contributed by atoms with E-state index in [-0.39, 0.29) is 29.6 Å². The van der Waals surface area contributed by atoms with Crippen LogP contribution >= 0.6 is 0 Å². The third-order valence-electron chi connectivity index (χ3n) is 5.03. The van der Waals surface area contributed by atoms with Crippen LogP contribution in [0.25, 0.3) is 0 Å². The Balaban J connectivity index is 1.90. The normalized spacial score (nSPS) is 36.0. The first-order chi connectivity index (χ1) is 10.4. The molecule has 6 nitrogen and oxygen atoms in total. The average Bonchev–Trinajstić information content (AvgIpc) is 3.02. The molecule has 0 aromatic heterocycles. The number of β-lactam (4-membered cyclic amide) rings is 1. The minimum absolute atomic E-state index is 0.0775. The van der Waals surface area contributed by atoms with E-state index >= 15 is 0 Å². The summed E-state index contributed by atoms with van der Waals surface area (Å²) in [5, 5.41) is 22.6. The number of carboxylic acid groups (broad SMARTS) is 1. The molecule has 3 aliphatic rings. The third kappa shape index (κ3) is 2.18. The molecule has 2 fully saturated rings. The zero-order chi connectivity index (χ0) is 16.0. The van der Waals surface area contributed by atoms with Crippen molar-refractivity contribution in [1.29, 1.82) is 0 Å². The van der Waals surface area contributed by atoms with Gasteiger partial charge in [-0.15, -0.1) is 0 Å². The summed E-state index contributed by atoms with van der Waals surface area (Å²) in [5.74, 6) is -1.95. The van der Waals surface area contributed by atoms with E-state index in [4.69, 9.17) is 0 Å². The van der Waals surface area contributed by atoms with Crippen molar-refractivity contribution >= 4 is 11.9 Å². The zero-order valence-electron chi connectivity index (χ0n) is 12.8. The van der Waals surface area contributed by atoms with Gasteiger partial charge in [-0.1, -0.05) is 19.1 Å². The van der Waals surface area contributed by atoms with Gasteiger partial charge in [-0.3, -0.25) is 4.79 Å². The van der Waals surface area contributed by atoms with Crippen molar-refractivity contribution in [3.05, 3.63) is 23.4 Å². The molecule has 5 atom stereocenters. The number of rotatable bonds is 4. The van der Waals surface area contributed by atoms with Gasteiger partial charge in [0.2, 0.25) is 5.91 Å². The van der Waals surface area contributed by atoms with Gasteiger partial charge in [0.25, 0.3) is 0 Å². The molecular formula is C16H22N2O4. The third-order valence-corrected chi connectivity index (χ3v) is 5.03. The number of nitrogens with zero attached hydrogens (tertiary/aromatic N) is 1. The average molecular weight is 306 g/mol. The van der Waals surface area contributed by atoms with Crippen molar-refractivity contribution in [2.24, 2.45) is 11.8 Å². The predicted molar refractivity (Wildman–Crippen MR) is 79.8 cm³/mol. The van der Waals surface area contributed by atoms with E-state index in [0.29, 0.717) is 5.57 Å². The van der Waals surface area contributed by atoms with E-state index in [1.165, 1.54) is 4.90 Å². The van der Waals surface area contributed by atoms with Crippen molar-refractivity contribution in [1.82, 2.24) is 10.2 Å². The van der Waals surface area contributed by atoms with E-state index in [1.807, 2.05) is 19.1 Å². The quantitative estimate of drug-likeness (QED) is 0.658. The van der Waals surface area contributed by atoms with Crippen molar-refractivity contribution in [3.8, 4) is 0 Å². The van der Waals surface area contributed by atoms with Gasteiger partial charge in [-0.2, -0.15) is 0 Å². The summed E-state index contributed by atoms with van der Waals surface area (Å²) in [7, 11) is 0. The van der Waals surface area contributed by atoms with Crippen LogP contribution in [-0.4, -0.2) is 51.7 Å². The fourth-order valence-corrected chi connectivity index (χ4v) is 3.91. The van der Waals surface area contributed by atoms with Gasteiger partial charge in [0.05, 0.1) is 18.1 Å². The highest BCUT2D eigenvalue weighted by atomic mass is 16.4. The lowest BCUT2D eigenvalue weighted by Gasteiger charge is -2.46. The van der Waals surface area contributed by atoms with Crippen LogP contribution in [0.15, 0.2) is 23.4 Å². The molecule has 0 aromatic rings. The second-order valence-electron chi connectivity index (χ2n) is 6.42. The number of carbonyl (C=O) groups excluding carboxylic acids is 1. The van der Waals surface area contributed by atoms with Crippen LogP contribution < -0.4 is 5.32 Å². The van der Waals surface area contributed by atoms with Gasteiger partial charge in [0.15, 0.2) is 0 Å². The van der Waals surface area contributed by atoms with Crippen molar-refractivity contribution in [2.45, 2.75) is 44.9 Å². The van der Waals surface area contributed by atoms with Gasteiger partial charge in [0.1, 0.15) is 5.70 Å². The Morgan fingerprint density at radius 1 is 1.50 bits per heavy atom. The number of carboxylic acids is 1. The number of aliphatic hydroxyl groups excluding tert-OH is 1. The minimum atomic E-state index is -1.08. The van der Waals surface area contributed by atoms with Crippen molar-refractivity contribution < 1.29 is 19.8 Å². The first-order valence-electron chi connectivity index (χ1n) is 7.83. The van der Waals surface area contributed by atoms with Crippen LogP contribution in [-0.2, 0) is 9.59 Å². The van der Waals surface area contributed by atoms with Gasteiger partial charge in [0, 0.05) is 12.0 Å². The molecule has 0 saturated carbocycles. The lowest BCUT2D eigenvalue weighted by Crippen LogP contribution is -2.63. The van der Waals surface area contributed by atoms with E-state index in [1.54, 1.807) is 6.92 Å². The topological polar surface area (TPSA) is 89.9 Å². The highest BCUT2D eigenvalue weighted by Gasteiger charge is 2.59. The number of hydrogen-bond donors (Lipinski definition) is 3. The molecule has 3 N–H and O–H groups in total. The Hall–Kier alpha value is -1.66. The maximum atomic E-state index is 12.2. The maximum Gasteiger partial charge on any atom is 0.352 e. The molecule has 0 spiro atoms. The second-order valence-corrected chi connectivity index (χ2v) is 6.42. The summed E-state index contributed by atoms with van der Waals surface area (Å²) >= 11 is 0. The van der Waals surface area contributed by atoms with Gasteiger partial charge >= 0.3 is 5.97 Å². The molecule has 120 valence electrons. The highest BCUT2D eigenvalue weighted by molar-refractivity contribution is 6.00. The molecule has 0 aromatic carbocycles. The first-order valence-corrected chi connectivity index (χ1v) is 7.83. The van der Waals surface area contributed by atoms with Crippen LogP contribution in [0.2, 0.25) is 0 Å². The molecule has 0 aliphatic carbocycles. The number of hydrogen-bond acceptors (Lipinski definition) is 4.